The maximum Gasteiger partial charge on any atom is 0.416 e. The number of carbonyl (C=O) groups is 1. The maximum atomic E-state index is 13.3. The zero-order valence-electron chi connectivity index (χ0n) is 17.8. The Kier molecular flexibility index (Phi) is 5.89. The van der Waals surface area contributed by atoms with Crippen LogP contribution in [0.1, 0.15) is 27.2 Å². The third-order valence-corrected chi connectivity index (χ3v) is 5.36. The fourth-order valence-electron chi connectivity index (χ4n) is 3.82. The van der Waals surface area contributed by atoms with Gasteiger partial charge in [-0.1, -0.05) is 36.4 Å². The van der Waals surface area contributed by atoms with Gasteiger partial charge < -0.3 is 9.47 Å². The molecule has 34 heavy (non-hydrogen) atoms. The number of aromatic nitrogens is 1. The van der Waals surface area contributed by atoms with E-state index in [1.807, 2.05) is 18.2 Å². The van der Waals surface area contributed by atoms with Gasteiger partial charge in [-0.05, 0) is 48.0 Å². The Morgan fingerprint density at radius 2 is 1.35 bits per heavy atom. The van der Waals surface area contributed by atoms with Crippen molar-refractivity contribution in [3.8, 4) is 5.69 Å². The molecular formula is C25H18F6N2O. The van der Waals surface area contributed by atoms with Gasteiger partial charge in [-0.3, -0.25) is 4.79 Å². The molecule has 4 aromatic rings. The van der Waals surface area contributed by atoms with Crippen molar-refractivity contribution in [3.63, 3.8) is 0 Å². The van der Waals surface area contributed by atoms with E-state index in [0.29, 0.717) is 17.8 Å². The van der Waals surface area contributed by atoms with Crippen molar-refractivity contribution in [2.24, 2.45) is 0 Å². The van der Waals surface area contributed by atoms with Gasteiger partial charge in [-0.2, -0.15) is 26.3 Å². The molecule has 0 saturated carbocycles. The lowest BCUT2D eigenvalue weighted by atomic mass is 10.0. The molecule has 0 aliphatic carbocycles. The number of amides is 1. The molecule has 0 unspecified atom stereocenters. The van der Waals surface area contributed by atoms with Crippen molar-refractivity contribution in [3.05, 3.63) is 101 Å². The summed E-state index contributed by atoms with van der Waals surface area (Å²) in [5.41, 5.74) is -1.45. The summed E-state index contributed by atoms with van der Waals surface area (Å²) < 4.78 is 80.9. The molecule has 3 aromatic carbocycles. The van der Waals surface area contributed by atoms with Crippen LogP contribution in [-0.4, -0.2) is 22.4 Å². The van der Waals surface area contributed by atoms with Crippen LogP contribution in [0.15, 0.2) is 78.9 Å². The predicted octanol–water partition coefficient (Wildman–Crippen LogP) is 6.94. The first-order valence-electron chi connectivity index (χ1n) is 10.1. The molecule has 4 rings (SSSR count). The van der Waals surface area contributed by atoms with Crippen LogP contribution in [-0.2, 0) is 18.9 Å². The lowest BCUT2D eigenvalue weighted by Crippen LogP contribution is -2.28. The Hall–Kier alpha value is -3.75. The highest BCUT2D eigenvalue weighted by molar-refractivity contribution is 5.99. The number of hydrogen-bond acceptors (Lipinski definition) is 1. The minimum atomic E-state index is -4.96. The van der Waals surface area contributed by atoms with Crippen molar-refractivity contribution >= 4 is 16.8 Å². The number of fused-ring (bicyclic) bond motifs is 1. The number of halogens is 6. The van der Waals surface area contributed by atoms with Crippen molar-refractivity contribution in [2.45, 2.75) is 18.9 Å². The minimum Gasteiger partial charge on any atom is -0.336 e. The van der Waals surface area contributed by atoms with Gasteiger partial charge in [0.15, 0.2) is 0 Å². The molecule has 0 saturated heterocycles. The summed E-state index contributed by atoms with van der Waals surface area (Å²) in [4.78, 5) is 14.4. The molecule has 0 spiro atoms. The summed E-state index contributed by atoms with van der Waals surface area (Å²) in [6.45, 7) is -0.442. The van der Waals surface area contributed by atoms with Crippen LogP contribution < -0.4 is 0 Å². The molecule has 1 amide bonds. The first-order chi connectivity index (χ1) is 15.9. The second-order valence-corrected chi connectivity index (χ2v) is 7.83. The van der Waals surface area contributed by atoms with Crippen LogP contribution in [0.3, 0.4) is 0 Å². The predicted molar refractivity (Wildman–Crippen MR) is 116 cm³/mol. The van der Waals surface area contributed by atoms with Gasteiger partial charge in [-0.15, -0.1) is 0 Å². The molecule has 0 bridgehead atoms. The smallest absolute Gasteiger partial charge is 0.336 e. The Labute approximate surface area is 190 Å². The normalized spacial score (nSPS) is 12.2. The molecule has 3 nitrogen and oxygen atoms in total. The molecule has 0 atom stereocenters. The molecule has 1 heterocycles. The average molecular weight is 476 g/mol. The molecule has 1 aromatic heterocycles. The molecule has 0 aliphatic heterocycles. The molecule has 176 valence electrons. The molecule has 9 heteroatoms. The van der Waals surface area contributed by atoms with Crippen LogP contribution in [0, 0.1) is 0 Å². The summed E-state index contributed by atoms with van der Waals surface area (Å²) in [6, 6.07) is 19.2. The second kappa shape index (κ2) is 8.55. The van der Waals surface area contributed by atoms with E-state index in [0.717, 1.165) is 15.8 Å². The zero-order chi connectivity index (χ0) is 24.7. The van der Waals surface area contributed by atoms with E-state index in [4.69, 9.17) is 0 Å². The number of rotatable bonds is 4. The summed E-state index contributed by atoms with van der Waals surface area (Å²) in [7, 11) is 1.34. The van der Waals surface area contributed by atoms with Crippen molar-refractivity contribution in [1.29, 1.82) is 0 Å². The van der Waals surface area contributed by atoms with Crippen LogP contribution in [0.2, 0.25) is 0 Å². The largest absolute Gasteiger partial charge is 0.416 e. The van der Waals surface area contributed by atoms with E-state index in [1.165, 1.54) is 7.05 Å². The first-order valence-corrected chi connectivity index (χ1v) is 10.1. The van der Waals surface area contributed by atoms with Crippen LogP contribution in [0.4, 0.5) is 26.3 Å². The Balaban J connectivity index is 1.74. The zero-order valence-corrected chi connectivity index (χ0v) is 17.8. The Morgan fingerprint density at radius 3 is 1.94 bits per heavy atom. The van der Waals surface area contributed by atoms with Crippen molar-refractivity contribution in [2.75, 3.05) is 7.05 Å². The quantitative estimate of drug-likeness (QED) is 0.293. The van der Waals surface area contributed by atoms with Gasteiger partial charge in [0.25, 0.3) is 5.91 Å². The van der Waals surface area contributed by atoms with Crippen molar-refractivity contribution in [1.82, 2.24) is 9.47 Å². The van der Waals surface area contributed by atoms with E-state index in [-0.39, 0.29) is 17.3 Å². The highest BCUT2D eigenvalue weighted by Crippen LogP contribution is 2.36. The minimum absolute atomic E-state index is 0.0681. The first kappa shape index (κ1) is 23.4. The SMILES string of the molecule is CN(Cc1cc(C(F)(F)F)cc(C(F)(F)F)c1)C(=O)c1cc2ccccc2n1-c1ccccc1. The second-order valence-electron chi connectivity index (χ2n) is 7.83. The summed E-state index contributed by atoms with van der Waals surface area (Å²) in [6.07, 6.45) is -9.92. The molecule has 0 N–H and O–H groups in total. The van der Waals surface area contributed by atoms with Gasteiger partial charge in [0.1, 0.15) is 5.69 Å². The Bertz CT molecular complexity index is 1310. The highest BCUT2D eigenvalue weighted by Gasteiger charge is 2.37. The molecule has 0 fully saturated rings. The highest BCUT2D eigenvalue weighted by atomic mass is 19.4. The topological polar surface area (TPSA) is 25.2 Å². The fraction of sp³-hybridized carbons (Fsp3) is 0.160. The summed E-state index contributed by atoms with van der Waals surface area (Å²) >= 11 is 0. The van der Waals surface area contributed by atoms with E-state index >= 15 is 0 Å². The van der Waals surface area contributed by atoms with E-state index in [2.05, 4.69) is 0 Å². The number of alkyl halides is 6. The third kappa shape index (κ3) is 4.64. The van der Waals surface area contributed by atoms with Gasteiger partial charge >= 0.3 is 12.4 Å². The van der Waals surface area contributed by atoms with E-state index < -0.39 is 35.9 Å². The maximum absolute atomic E-state index is 13.3. The lowest BCUT2D eigenvalue weighted by molar-refractivity contribution is -0.143. The molecule has 0 radical (unpaired) electrons. The lowest BCUT2D eigenvalue weighted by Gasteiger charge is -2.21. The number of carbonyl (C=O) groups excluding carboxylic acids is 1. The number of nitrogens with zero attached hydrogens (tertiary/aromatic N) is 2. The van der Waals surface area contributed by atoms with Crippen molar-refractivity contribution < 1.29 is 31.1 Å². The number of benzene rings is 3. The van der Waals surface area contributed by atoms with Gasteiger partial charge in [0, 0.05) is 24.7 Å². The summed E-state index contributed by atoms with van der Waals surface area (Å²) in [5.74, 6) is -0.550. The number of hydrogen-bond donors (Lipinski definition) is 0. The monoisotopic (exact) mass is 476 g/mol. The van der Waals surface area contributed by atoms with E-state index in [1.54, 1.807) is 47.0 Å². The molecule has 0 aliphatic rings. The fourth-order valence-corrected chi connectivity index (χ4v) is 3.82. The standard InChI is InChI=1S/C25H18F6N2O/c1-32(15-16-11-18(24(26,27)28)14-19(12-16)25(29,30)31)23(34)22-13-17-7-5-6-10-21(17)33(22)20-8-3-2-4-9-20/h2-14H,15H2,1H3. The number of para-hydroxylation sites is 2. The van der Waals surface area contributed by atoms with Gasteiger partial charge in [0.05, 0.1) is 16.6 Å². The average Bonchev–Trinajstić information content (AvgIpc) is 3.17. The van der Waals surface area contributed by atoms with Crippen LogP contribution >= 0.6 is 0 Å². The summed E-state index contributed by atoms with van der Waals surface area (Å²) in [5, 5.41) is 0.765. The van der Waals surface area contributed by atoms with Crippen LogP contribution in [0.5, 0.6) is 0 Å². The van der Waals surface area contributed by atoms with E-state index in [9.17, 15) is 31.1 Å². The Morgan fingerprint density at radius 1 is 0.794 bits per heavy atom. The third-order valence-electron chi connectivity index (χ3n) is 5.36. The van der Waals surface area contributed by atoms with Gasteiger partial charge in [-0.25, -0.2) is 0 Å². The van der Waals surface area contributed by atoms with Gasteiger partial charge in [0.2, 0.25) is 0 Å². The van der Waals surface area contributed by atoms with Crippen LogP contribution in [0.25, 0.3) is 16.6 Å². The molecular weight excluding hydrogens is 458 g/mol.